The SMILES string of the molecule is C[C@H]1CN(c2c(NC(=O)c3ccc(=O)n(-c4c(F)cccc4F)n3)ccc3nn(C45CC(C4)C5)cc23)C[C@@H]1N. The number of aromatic nitrogens is 4. The number of benzene rings is 2. The van der Waals surface area contributed by atoms with Crippen molar-refractivity contribution in [3.05, 3.63) is 76.3 Å². The predicted molar refractivity (Wildman–Crippen MR) is 142 cm³/mol. The Labute approximate surface area is 222 Å². The van der Waals surface area contributed by atoms with Gasteiger partial charge in [-0.05, 0) is 61.4 Å². The van der Waals surface area contributed by atoms with E-state index in [0.717, 1.165) is 66.5 Å². The van der Waals surface area contributed by atoms with E-state index in [2.05, 4.69) is 33.1 Å². The first-order valence-electron chi connectivity index (χ1n) is 13.1. The number of nitrogens with two attached hydrogens (primary N) is 1. The number of rotatable bonds is 5. The normalized spacial score (nSPS) is 25.4. The third-order valence-corrected chi connectivity index (χ3v) is 8.57. The molecule has 3 N–H and O–H groups in total. The highest BCUT2D eigenvalue weighted by Gasteiger charge is 2.58. The molecule has 2 aromatic heterocycles. The smallest absolute Gasteiger partial charge is 0.276 e. The zero-order chi connectivity index (χ0) is 27.1. The van der Waals surface area contributed by atoms with Crippen LogP contribution in [0.3, 0.4) is 0 Å². The van der Waals surface area contributed by atoms with Gasteiger partial charge in [0.25, 0.3) is 11.5 Å². The standard InChI is InChI=1S/C28H27F2N7O2/c1-15-12-35(14-20(15)31)25-17-13-36(28-9-16(10-28)11-28)33-21(17)5-6-22(25)32-27(39)23-7-8-24(38)37(34-23)26-18(29)3-2-4-19(26)30/h2-8,13,15-16,20H,9-12,14,31H2,1H3,(H,32,39)/t15-,16?,20-,28?/m0/s1. The Morgan fingerprint density at radius 1 is 1.03 bits per heavy atom. The second-order valence-electron chi connectivity index (χ2n) is 11.2. The molecule has 0 unspecified atom stereocenters. The number of amides is 1. The van der Waals surface area contributed by atoms with Crippen LogP contribution in [0.5, 0.6) is 0 Å². The molecule has 4 aliphatic rings. The minimum atomic E-state index is -0.963. The molecule has 0 radical (unpaired) electrons. The number of fused-ring (bicyclic) bond motifs is 1. The molecule has 1 aliphatic heterocycles. The van der Waals surface area contributed by atoms with Gasteiger partial charge in [0.15, 0.2) is 11.6 Å². The van der Waals surface area contributed by atoms with Crippen LogP contribution in [0.1, 0.15) is 36.7 Å². The summed E-state index contributed by atoms with van der Waals surface area (Å²) in [5, 5.41) is 12.7. The molecule has 11 heteroatoms. The largest absolute Gasteiger partial charge is 0.367 e. The van der Waals surface area contributed by atoms with E-state index in [1.807, 2.05) is 6.07 Å². The summed E-state index contributed by atoms with van der Waals surface area (Å²) in [4.78, 5) is 28.0. The lowest BCUT2D eigenvalue weighted by Gasteiger charge is -2.61. The summed E-state index contributed by atoms with van der Waals surface area (Å²) < 4.78 is 31.4. The fourth-order valence-electron chi connectivity index (χ4n) is 6.22. The van der Waals surface area contributed by atoms with Crippen LogP contribution in [0.4, 0.5) is 20.2 Å². The maximum Gasteiger partial charge on any atom is 0.276 e. The fraction of sp³-hybridized carbons (Fsp3) is 0.357. The molecule has 9 nitrogen and oxygen atoms in total. The lowest BCUT2D eigenvalue weighted by molar-refractivity contribution is -0.0973. The highest BCUT2D eigenvalue weighted by molar-refractivity contribution is 6.08. The zero-order valence-corrected chi connectivity index (χ0v) is 21.3. The summed E-state index contributed by atoms with van der Waals surface area (Å²) in [6.07, 6.45) is 5.52. The van der Waals surface area contributed by atoms with Crippen LogP contribution in [0.15, 0.2) is 53.5 Å². The van der Waals surface area contributed by atoms with Crippen molar-refractivity contribution in [1.82, 2.24) is 19.6 Å². The van der Waals surface area contributed by atoms with E-state index in [9.17, 15) is 18.4 Å². The number of hydrogen-bond acceptors (Lipinski definition) is 6. The second kappa shape index (κ2) is 8.44. The number of carbonyl (C=O) groups excluding carboxylic acids is 1. The Morgan fingerprint density at radius 2 is 1.77 bits per heavy atom. The maximum atomic E-state index is 14.4. The first-order valence-corrected chi connectivity index (χ1v) is 13.1. The van der Waals surface area contributed by atoms with Crippen molar-refractivity contribution in [1.29, 1.82) is 0 Å². The molecule has 4 aromatic rings. The summed E-state index contributed by atoms with van der Waals surface area (Å²) >= 11 is 0. The number of nitrogens with one attached hydrogen (secondary N) is 1. The van der Waals surface area contributed by atoms with E-state index in [0.29, 0.717) is 16.9 Å². The molecule has 39 heavy (non-hydrogen) atoms. The maximum absolute atomic E-state index is 14.4. The fourth-order valence-corrected chi connectivity index (χ4v) is 6.22. The Bertz CT molecular complexity index is 1670. The van der Waals surface area contributed by atoms with Crippen LogP contribution >= 0.6 is 0 Å². The molecule has 200 valence electrons. The van der Waals surface area contributed by atoms with Gasteiger partial charge in [0.05, 0.1) is 22.4 Å². The average molecular weight is 532 g/mol. The van der Waals surface area contributed by atoms with Crippen molar-refractivity contribution < 1.29 is 13.6 Å². The van der Waals surface area contributed by atoms with Gasteiger partial charge in [0, 0.05) is 36.8 Å². The van der Waals surface area contributed by atoms with Crippen molar-refractivity contribution >= 4 is 28.2 Å². The third kappa shape index (κ3) is 3.67. The lowest BCUT2D eigenvalue weighted by Crippen LogP contribution is -2.59. The van der Waals surface area contributed by atoms with Crippen molar-refractivity contribution in [3.63, 3.8) is 0 Å². The van der Waals surface area contributed by atoms with Crippen LogP contribution in [0.25, 0.3) is 16.6 Å². The van der Waals surface area contributed by atoms with Crippen molar-refractivity contribution in [2.75, 3.05) is 23.3 Å². The molecule has 8 rings (SSSR count). The summed E-state index contributed by atoms with van der Waals surface area (Å²) in [5.41, 5.74) is 7.11. The molecule has 1 amide bonds. The van der Waals surface area contributed by atoms with Gasteiger partial charge in [-0.1, -0.05) is 13.0 Å². The van der Waals surface area contributed by atoms with E-state index in [-0.39, 0.29) is 23.2 Å². The Balaban J connectivity index is 1.28. The zero-order valence-electron chi connectivity index (χ0n) is 21.3. The number of nitrogens with zero attached hydrogens (tertiary/aromatic N) is 5. The molecule has 2 bridgehead atoms. The van der Waals surface area contributed by atoms with Crippen molar-refractivity contribution in [2.24, 2.45) is 17.6 Å². The lowest BCUT2D eigenvalue weighted by atomic mass is 9.50. The molecular weight excluding hydrogens is 504 g/mol. The highest BCUT2D eigenvalue weighted by Crippen LogP contribution is 2.62. The van der Waals surface area contributed by atoms with Gasteiger partial charge in [0.1, 0.15) is 11.4 Å². The van der Waals surface area contributed by atoms with E-state index in [1.165, 1.54) is 12.1 Å². The van der Waals surface area contributed by atoms with Gasteiger partial charge < -0.3 is 16.0 Å². The summed E-state index contributed by atoms with van der Waals surface area (Å²) in [7, 11) is 0. The predicted octanol–water partition coefficient (Wildman–Crippen LogP) is 3.41. The van der Waals surface area contributed by atoms with E-state index in [1.54, 1.807) is 6.07 Å². The number of para-hydroxylation sites is 1. The van der Waals surface area contributed by atoms with Crippen LogP contribution in [-0.4, -0.2) is 44.6 Å². The third-order valence-electron chi connectivity index (χ3n) is 8.57. The van der Waals surface area contributed by atoms with Crippen LogP contribution < -0.4 is 21.5 Å². The van der Waals surface area contributed by atoms with Crippen LogP contribution in [-0.2, 0) is 5.54 Å². The topological polar surface area (TPSA) is 111 Å². The minimum absolute atomic E-state index is 0.0163. The Kier molecular flexibility index (Phi) is 5.18. The van der Waals surface area contributed by atoms with E-state index in [4.69, 9.17) is 10.8 Å². The Hall–Kier alpha value is -4.12. The molecule has 1 saturated heterocycles. The first kappa shape index (κ1) is 24.0. The quantitative estimate of drug-likeness (QED) is 0.408. The number of halogens is 2. The number of carbonyl (C=O) groups is 1. The van der Waals surface area contributed by atoms with Crippen molar-refractivity contribution in [2.45, 2.75) is 37.8 Å². The van der Waals surface area contributed by atoms with Gasteiger partial charge in [-0.25, -0.2) is 8.78 Å². The molecular formula is C28H27F2N7O2. The summed E-state index contributed by atoms with van der Waals surface area (Å²) in [5.74, 6) is -1.48. The molecule has 3 aliphatic carbocycles. The van der Waals surface area contributed by atoms with Gasteiger partial charge in [-0.15, -0.1) is 0 Å². The number of hydrogen-bond donors (Lipinski definition) is 2. The molecule has 3 heterocycles. The second-order valence-corrected chi connectivity index (χ2v) is 11.2. The molecule has 0 spiro atoms. The Morgan fingerprint density at radius 3 is 2.41 bits per heavy atom. The molecule has 3 saturated carbocycles. The molecule has 2 aromatic carbocycles. The molecule has 4 fully saturated rings. The number of anilines is 2. The highest BCUT2D eigenvalue weighted by atomic mass is 19.1. The van der Waals surface area contributed by atoms with E-state index >= 15 is 0 Å². The van der Waals surface area contributed by atoms with Gasteiger partial charge in [-0.2, -0.15) is 14.9 Å². The molecule has 2 atom stereocenters. The van der Waals surface area contributed by atoms with Crippen LogP contribution in [0.2, 0.25) is 0 Å². The first-order chi connectivity index (χ1) is 18.7. The average Bonchev–Trinajstić information content (AvgIpc) is 3.40. The van der Waals surface area contributed by atoms with Gasteiger partial charge >= 0.3 is 0 Å². The monoisotopic (exact) mass is 531 g/mol. The summed E-state index contributed by atoms with van der Waals surface area (Å²) in [6, 6.07) is 9.19. The van der Waals surface area contributed by atoms with Crippen LogP contribution in [0, 0.1) is 23.5 Å². The van der Waals surface area contributed by atoms with Crippen molar-refractivity contribution in [3.8, 4) is 5.69 Å². The summed E-state index contributed by atoms with van der Waals surface area (Å²) in [6.45, 7) is 3.44. The minimum Gasteiger partial charge on any atom is -0.367 e. The van der Waals surface area contributed by atoms with Gasteiger partial charge in [0.2, 0.25) is 0 Å². The van der Waals surface area contributed by atoms with Gasteiger partial charge in [-0.3, -0.25) is 14.3 Å². The van der Waals surface area contributed by atoms with E-state index < -0.39 is 28.8 Å².